The van der Waals surface area contributed by atoms with Gasteiger partial charge in [0, 0.05) is 5.69 Å². The van der Waals surface area contributed by atoms with Crippen molar-refractivity contribution in [2.45, 2.75) is 6.92 Å². The fourth-order valence-corrected chi connectivity index (χ4v) is 2.06. The van der Waals surface area contributed by atoms with Crippen LogP contribution in [-0.4, -0.2) is 9.78 Å². The first kappa shape index (κ1) is 15.1. The van der Waals surface area contributed by atoms with Gasteiger partial charge in [-0.3, -0.25) is 0 Å². The molecule has 0 amide bonds. The van der Waals surface area contributed by atoms with Crippen molar-refractivity contribution in [2.75, 3.05) is 5.32 Å². The van der Waals surface area contributed by atoms with Gasteiger partial charge >= 0.3 is 0 Å². The molecule has 1 heterocycles. The van der Waals surface area contributed by atoms with Crippen LogP contribution in [0.2, 0.25) is 5.15 Å². The van der Waals surface area contributed by atoms with Gasteiger partial charge in [0.05, 0.1) is 11.4 Å². The second-order valence-corrected chi connectivity index (χ2v) is 4.66. The van der Waals surface area contributed by atoms with Crippen LogP contribution in [0, 0.1) is 40.9 Å². The first-order valence-corrected chi connectivity index (χ1v) is 6.51. The summed E-state index contributed by atoms with van der Waals surface area (Å²) in [5.74, 6) is 0. The minimum atomic E-state index is -0.266. The maximum Gasteiger partial charge on any atom is 0.163 e. The van der Waals surface area contributed by atoms with Gasteiger partial charge in [-0.25, -0.2) is 4.68 Å². The predicted molar refractivity (Wildman–Crippen MR) is 80.8 cm³/mol. The molecule has 22 heavy (non-hydrogen) atoms. The van der Waals surface area contributed by atoms with Gasteiger partial charge in [0.15, 0.2) is 5.57 Å². The number of anilines is 1. The van der Waals surface area contributed by atoms with E-state index >= 15 is 0 Å². The summed E-state index contributed by atoms with van der Waals surface area (Å²) in [6.07, 6.45) is 0. The van der Waals surface area contributed by atoms with E-state index in [1.807, 2.05) is 6.92 Å². The lowest BCUT2D eigenvalue weighted by molar-refractivity contribution is 0.863. The molecule has 6 nitrogen and oxygen atoms in total. The summed E-state index contributed by atoms with van der Waals surface area (Å²) in [5, 5.41) is 34.0. The molecule has 0 bridgehead atoms. The molecule has 0 aliphatic rings. The smallest absolute Gasteiger partial charge is 0.163 e. The van der Waals surface area contributed by atoms with Crippen LogP contribution in [0.25, 0.3) is 5.69 Å². The molecule has 106 valence electrons. The van der Waals surface area contributed by atoms with Gasteiger partial charge in [-0.15, -0.1) is 0 Å². The number of nitriles is 3. The first-order valence-electron chi connectivity index (χ1n) is 6.13. The fraction of sp³-hybridized carbons (Fsp3) is 0.0667. The predicted octanol–water partition coefficient (Wildman–Crippen LogP) is 3.07. The number of nitrogens with zero attached hydrogens (tertiary/aromatic N) is 5. The standard InChI is InChI=1S/C15H9ClN6/c1-10-6-15(16)22(21-10)13-4-2-12(3-5-13)20-14(9-19)11(7-17)8-18/h2-6,20H,1H3. The molecule has 1 aromatic heterocycles. The second kappa shape index (κ2) is 6.45. The molecule has 0 atom stereocenters. The quantitative estimate of drug-likeness (QED) is 0.878. The maximum absolute atomic E-state index is 8.99. The van der Waals surface area contributed by atoms with Crippen molar-refractivity contribution < 1.29 is 0 Å². The van der Waals surface area contributed by atoms with Crippen LogP contribution in [0.1, 0.15) is 5.69 Å². The maximum atomic E-state index is 8.99. The highest BCUT2D eigenvalue weighted by molar-refractivity contribution is 6.29. The van der Waals surface area contributed by atoms with Crippen molar-refractivity contribution in [1.82, 2.24) is 9.78 Å². The van der Waals surface area contributed by atoms with Crippen molar-refractivity contribution in [3.63, 3.8) is 0 Å². The van der Waals surface area contributed by atoms with E-state index in [1.54, 1.807) is 53.2 Å². The average molecular weight is 309 g/mol. The van der Waals surface area contributed by atoms with Crippen molar-refractivity contribution in [3.8, 4) is 23.9 Å². The number of allylic oxidation sites excluding steroid dienone is 2. The monoisotopic (exact) mass is 308 g/mol. The van der Waals surface area contributed by atoms with Crippen molar-refractivity contribution >= 4 is 17.3 Å². The highest BCUT2D eigenvalue weighted by atomic mass is 35.5. The molecule has 2 rings (SSSR count). The van der Waals surface area contributed by atoms with Gasteiger partial charge < -0.3 is 5.32 Å². The number of aryl methyl sites for hydroxylation is 1. The Morgan fingerprint density at radius 3 is 2.23 bits per heavy atom. The SMILES string of the molecule is Cc1cc(Cl)n(-c2ccc(NC(C#N)=C(C#N)C#N)cc2)n1. The van der Waals surface area contributed by atoms with Crippen LogP contribution in [0.3, 0.4) is 0 Å². The molecule has 0 unspecified atom stereocenters. The lowest BCUT2D eigenvalue weighted by Gasteiger charge is -2.07. The molecular weight excluding hydrogens is 300 g/mol. The Morgan fingerprint density at radius 1 is 1.14 bits per heavy atom. The Hall–Kier alpha value is -3.27. The largest absolute Gasteiger partial charge is 0.345 e. The Morgan fingerprint density at radius 2 is 1.77 bits per heavy atom. The minimum Gasteiger partial charge on any atom is -0.345 e. The van der Waals surface area contributed by atoms with Crippen molar-refractivity contribution in [3.05, 3.63) is 52.4 Å². The van der Waals surface area contributed by atoms with Gasteiger partial charge in [-0.05, 0) is 37.3 Å². The summed E-state index contributed by atoms with van der Waals surface area (Å²) < 4.78 is 1.58. The number of hydrogen-bond donors (Lipinski definition) is 1. The van der Waals surface area contributed by atoms with Crippen LogP contribution < -0.4 is 5.32 Å². The molecule has 1 N–H and O–H groups in total. The average Bonchev–Trinajstić information content (AvgIpc) is 2.86. The third kappa shape index (κ3) is 3.07. The first-order chi connectivity index (χ1) is 10.6. The number of aromatic nitrogens is 2. The molecule has 1 aromatic carbocycles. The lowest BCUT2D eigenvalue weighted by atomic mass is 10.2. The highest BCUT2D eigenvalue weighted by Crippen LogP contribution is 2.20. The Balaban J connectivity index is 2.29. The molecule has 2 aromatic rings. The van der Waals surface area contributed by atoms with E-state index in [0.717, 1.165) is 11.4 Å². The Kier molecular flexibility index (Phi) is 4.44. The van der Waals surface area contributed by atoms with Crippen LogP contribution in [0.5, 0.6) is 0 Å². The molecule has 0 saturated carbocycles. The van der Waals surface area contributed by atoms with E-state index in [0.29, 0.717) is 10.8 Å². The number of nitrogens with one attached hydrogen (secondary N) is 1. The van der Waals surface area contributed by atoms with Crippen LogP contribution in [0.4, 0.5) is 5.69 Å². The Labute approximate surface area is 132 Å². The summed E-state index contributed by atoms with van der Waals surface area (Å²) in [4.78, 5) is 0. The van der Waals surface area contributed by atoms with E-state index in [9.17, 15) is 0 Å². The van der Waals surface area contributed by atoms with E-state index < -0.39 is 0 Å². The minimum absolute atomic E-state index is 0.0919. The van der Waals surface area contributed by atoms with Crippen molar-refractivity contribution in [2.24, 2.45) is 0 Å². The molecule has 0 aliphatic heterocycles. The zero-order chi connectivity index (χ0) is 16.1. The summed E-state index contributed by atoms with van der Waals surface area (Å²) in [7, 11) is 0. The topological polar surface area (TPSA) is 101 Å². The van der Waals surface area contributed by atoms with Gasteiger partial charge in [0.2, 0.25) is 0 Å². The second-order valence-electron chi connectivity index (χ2n) is 4.28. The zero-order valence-electron chi connectivity index (χ0n) is 11.5. The molecular formula is C15H9ClN6. The molecule has 0 spiro atoms. The lowest BCUT2D eigenvalue weighted by Crippen LogP contribution is -2.01. The van der Waals surface area contributed by atoms with Gasteiger partial charge in [-0.1, -0.05) is 11.6 Å². The van der Waals surface area contributed by atoms with Crippen LogP contribution >= 0.6 is 11.6 Å². The Bertz CT molecular complexity index is 839. The summed E-state index contributed by atoms with van der Waals surface area (Å²) in [6, 6.07) is 13.8. The molecule has 7 heteroatoms. The van der Waals surface area contributed by atoms with E-state index in [1.165, 1.54) is 0 Å². The van der Waals surface area contributed by atoms with E-state index in [4.69, 9.17) is 27.4 Å². The third-order valence-corrected chi connectivity index (χ3v) is 3.02. The van der Waals surface area contributed by atoms with Crippen LogP contribution in [0.15, 0.2) is 41.6 Å². The molecule has 0 saturated heterocycles. The molecule has 0 radical (unpaired) electrons. The number of hydrogen-bond acceptors (Lipinski definition) is 5. The zero-order valence-corrected chi connectivity index (χ0v) is 12.3. The van der Waals surface area contributed by atoms with Crippen molar-refractivity contribution in [1.29, 1.82) is 15.8 Å². The normalized spacial score (nSPS) is 9.23. The number of rotatable bonds is 3. The van der Waals surface area contributed by atoms with Gasteiger partial charge in [-0.2, -0.15) is 20.9 Å². The van der Waals surface area contributed by atoms with Gasteiger partial charge in [0.1, 0.15) is 29.1 Å². The highest BCUT2D eigenvalue weighted by Gasteiger charge is 2.08. The number of benzene rings is 1. The summed E-state index contributed by atoms with van der Waals surface area (Å²) in [6.45, 7) is 1.84. The summed E-state index contributed by atoms with van der Waals surface area (Å²) >= 11 is 6.07. The van der Waals surface area contributed by atoms with Gasteiger partial charge in [0.25, 0.3) is 0 Å². The van der Waals surface area contributed by atoms with Crippen LogP contribution in [-0.2, 0) is 0 Å². The number of halogens is 1. The van der Waals surface area contributed by atoms with E-state index in [2.05, 4.69) is 10.4 Å². The van der Waals surface area contributed by atoms with E-state index in [-0.39, 0.29) is 11.3 Å². The summed E-state index contributed by atoms with van der Waals surface area (Å²) in [5.41, 5.74) is 1.77. The molecule has 0 fully saturated rings. The fourth-order valence-electron chi connectivity index (χ4n) is 1.76. The third-order valence-electron chi connectivity index (χ3n) is 2.75. The molecule has 0 aliphatic carbocycles.